The Morgan fingerprint density at radius 1 is 0.778 bits per heavy atom. The quantitative estimate of drug-likeness (QED) is 0.819. The molecule has 0 amide bonds. The second-order valence-corrected chi connectivity index (χ2v) is 3.70. The molecule has 2 rings (SSSR count). The highest BCUT2D eigenvalue weighted by molar-refractivity contribution is 5.53. The van der Waals surface area contributed by atoms with Crippen LogP contribution in [0.5, 0.6) is 23.0 Å². The molecule has 2 aromatic rings. The Kier molecular flexibility index (Phi) is 3.72. The van der Waals surface area contributed by atoms with Crippen molar-refractivity contribution in [1.29, 1.82) is 0 Å². The first kappa shape index (κ1) is 12.3. The lowest BCUT2D eigenvalue weighted by atomic mass is 10.2. The fraction of sp³-hybridized carbons (Fsp3) is 0.133. The topological polar surface area (TPSA) is 27.7 Å². The van der Waals surface area contributed by atoms with Crippen LogP contribution in [0.25, 0.3) is 0 Å². The molecule has 0 atom stereocenters. The van der Waals surface area contributed by atoms with E-state index in [1.165, 1.54) is 0 Å². The Morgan fingerprint density at radius 3 is 2.11 bits per heavy atom. The van der Waals surface area contributed by atoms with E-state index in [1.807, 2.05) is 42.5 Å². The first-order chi connectivity index (χ1) is 8.76. The predicted octanol–water partition coefficient (Wildman–Crippen LogP) is 3.68. The van der Waals surface area contributed by atoms with Crippen molar-refractivity contribution in [2.45, 2.75) is 0 Å². The van der Waals surface area contributed by atoms with E-state index in [4.69, 9.17) is 14.2 Å². The fourth-order valence-electron chi connectivity index (χ4n) is 1.66. The van der Waals surface area contributed by atoms with Gasteiger partial charge in [0.05, 0.1) is 14.2 Å². The van der Waals surface area contributed by atoms with E-state index < -0.39 is 0 Å². The lowest BCUT2D eigenvalue weighted by molar-refractivity contribution is 0.336. The lowest BCUT2D eigenvalue weighted by Crippen LogP contribution is -1.94. The maximum Gasteiger partial charge on any atom is 0.203 e. The molecule has 0 bridgehead atoms. The highest BCUT2D eigenvalue weighted by atomic mass is 16.5. The molecule has 0 saturated heterocycles. The second-order valence-electron chi connectivity index (χ2n) is 3.70. The van der Waals surface area contributed by atoms with Gasteiger partial charge in [0.1, 0.15) is 5.75 Å². The predicted molar refractivity (Wildman–Crippen MR) is 70.5 cm³/mol. The van der Waals surface area contributed by atoms with Gasteiger partial charge < -0.3 is 14.2 Å². The summed E-state index contributed by atoms with van der Waals surface area (Å²) >= 11 is 0. The molecule has 1 radical (unpaired) electrons. The average molecular weight is 243 g/mol. The van der Waals surface area contributed by atoms with Gasteiger partial charge in [0.15, 0.2) is 11.5 Å². The van der Waals surface area contributed by atoms with Gasteiger partial charge in [-0.1, -0.05) is 24.3 Å². The minimum Gasteiger partial charge on any atom is -0.493 e. The summed E-state index contributed by atoms with van der Waals surface area (Å²) in [6.07, 6.45) is 0. The maximum absolute atomic E-state index is 5.81. The minimum atomic E-state index is 0.572. The maximum atomic E-state index is 5.81. The fourth-order valence-corrected chi connectivity index (χ4v) is 1.66. The Balaban J connectivity index is 2.37. The summed E-state index contributed by atoms with van der Waals surface area (Å²) in [5.41, 5.74) is 0.822. The third-order valence-electron chi connectivity index (χ3n) is 2.56. The van der Waals surface area contributed by atoms with Gasteiger partial charge in [-0.15, -0.1) is 0 Å². The Bertz CT molecular complexity index is 535. The zero-order chi connectivity index (χ0) is 13.0. The Morgan fingerprint density at radius 2 is 1.44 bits per heavy atom. The van der Waals surface area contributed by atoms with Crippen LogP contribution in [0.1, 0.15) is 5.56 Å². The van der Waals surface area contributed by atoms with Gasteiger partial charge in [0.25, 0.3) is 0 Å². The summed E-state index contributed by atoms with van der Waals surface area (Å²) in [7, 11) is 3.18. The summed E-state index contributed by atoms with van der Waals surface area (Å²) in [5, 5.41) is 0. The van der Waals surface area contributed by atoms with Crippen LogP contribution in [0.2, 0.25) is 0 Å². The van der Waals surface area contributed by atoms with Crippen molar-refractivity contribution in [2.24, 2.45) is 0 Å². The SMILES string of the molecule is [CH2]c1ccccc1Oc1cccc(OC)c1OC. The molecule has 0 fully saturated rings. The van der Waals surface area contributed by atoms with Crippen molar-refractivity contribution in [1.82, 2.24) is 0 Å². The molecule has 0 aliphatic rings. The average Bonchev–Trinajstić information content (AvgIpc) is 2.41. The van der Waals surface area contributed by atoms with Crippen molar-refractivity contribution in [3.8, 4) is 23.0 Å². The molecule has 18 heavy (non-hydrogen) atoms. The van der Waals surface area contributed by atoms with Crippen LogP contribution < -0.4 is 14.2 Å². The van der Waals surface area contributed by atoms with E-state index in [2.05, 4.69) is 6.92 Å². The third-order valence-corrected chi connectivity index (χ3v) is 2.56. The molecule has 3 heteroatoms. The molecule has 0 aliphatic carbocycles. The molecular weight excluding hydrogens is 228 g/mol. The van der Waals surface area contributed by atoms with Crippen LogP contribution in [0.4, 0.5) is 0 Å². The lowest BCUT2D eigenvalue weighted by Gasteiger charge is -2.14. The number of hydrogen-bond donors (Lipinski definition) is 0. The molecule has 93 valence electrons. The van der Waals surface area contributed by atoms with Gasteiger partial charge in [0, 0.05) is 0 Å². The molecule has 0 aromatic heterocycles. The second kappa shape index (κ2) is 5.45. The number of benzene rings is 2. The number of para-hydroxylation sites is 2. The Labute approximate surface area is 107 Å². The molecule has 0 aliphatic heterocycles. The molecule has 3 nitrogen and oxygen atoms in total. The van der Waals surface area contributed by atoms with Crippen LogP contribution in [0.15, 0.2) is 42.5 Å². The van der Waals surface area contributed by atoms with Crippen LogP contribution >= 0.6 is 0 Å². The van der Waals surface area contributed by atoms with Gasteiger partial charge >= 0.3 is 0 Å². The van der Waals surface area contributed by atoms with Crippen LogP contribution in [-0.2, 0) is 0 Å². The standard InChI is InChI=1S/C15H15O3/c1-11-7-4-5-8-12(11)18-14-10-6-9-13(16-2)15(14)17-3/h4-10H,1H2,2-3H3. The van der Waals surface area contributed by atoms with Gasteiger partial charge in [0.2, 0.25) is 5.75 Å². The van der Waals surface area contributed by atoms with Crippen molar-refractivity contribution in [3.05, 3.63) is 55.0 Å². The van der Waals surface area contributed by atoms with E-state index in [0.29, 0.717) is 23.0 Å². The summed E-state index contributed by atoms with van der Waals surface area (Å²) < 4.78 is 16.3. The Hall–Kier alpha value is -2.16. The van der Waals surface area contributed by atoms with Crippen molar-refractivity contribution in [3.63, 3.8) is 0 Å². The number of rotatable bonds is 4. The normalized spacial score (nSPS) is 9.94. The van der Waals surface area contributed by atoms with Crippen LogP contribution in [-0.4, -0.2) is 14.2 Å². The smallest absolute Gasteiger partial charge is 0.203 e. The van der Waals surface area contributed by atoms with Crippen molar-refractivity contribution >= 4 is 0 Å². The van der Waals surface area contributed by atoms with Gasteiger partial charge in [-0.05, 0) is 30.7 Å². The van der Waals surface area contributed by atoms with Gasteiger partial charge in [-0.2, -0.15) is 0 Å². The highest BCUT2D eigenvalue weighted by Gasteiger charge is 2.12. The van der Waals surface area contributed by atoms with E-state index in [0.717, 1.165) is 5.56 Å². The zero-order valence-electron chi connectivity index (χ0n) is 10.5. The van der Waals surface area contributed by atoms with Crippen LogP contribution in [0, 0.1) is 6.92 Å². The molecule has 0 saturated carbocycles. The molecule has 0 unspecified atom stereocenters. The highest BCUT2D eigenvalue weighted by Crippen LogP contribution is 2.39. The summed E-state index contributed by atoms with van der Waals surface area (Å²) in [6, 6.07) is 13.1. The molecule has 0 heterocycles. The largest absolute Gasteiger partial charge is 0.493 e. The van der Waals surface area contributed by atoms with Crippen molar-refractivity contribution < 1.29 is 14.2 Å². The van der Waals surface area contributed by atoms with E-state index in [-0.39, 0.29) is 0 Å². The zero-order valence-corrected chi connectivity index (χ0v) is 10.5. The first-order valence-corrected chi connectivity index (χ1v) is 5.56. The van der Waals surface area contributed by atoms with E-state index in [9.17, 15) is 0 Å². The third kappa shape index (κ3) is 2.40. The van der Waals surface area contributed by atoms with Gasteiger partial charge in [-0.25, -0.2) is 0 Å². The summed E-state index contributed by atoms with van der Waals surface area (Å²) in [5.74, 6) is 2.51. The molecule has 0 N–H and O–H groups in total. The minimum absolute atomic E-state index is 0.572. The van der Waals surface area contributed by atoms with E-state index in [1.54, 1.807) is 14.2 Å². The van der Waals surface area contributed by atoms with Crippen molar-refractivity contribution in [2.75, 3.05) is 14.2 Å². The summed E-state index contributed by atoms with van der Waals surface area (Å²) in [6.45, 7) is 3.92. The monoisotopic (exact) mass is 243 g/mol. The molecule has 2 aromatic carbocycles. The number of methoxy groups -OCH3 is 2. The summed E-state index contributed by atoms with van der Waals surface area (Å²) in [4.78, 5) is 0. The number of ether oxygens (including phenoxy) is 3. The molecular formula is C15H15O3. The number of hydrogen-bond acceptors (Lipinski definition) is 3. The van der Waals surface area contributed by atoms with Crippen LogP contribution in [0.3, 0.4) is 0 Å². The first-order valence-electron chi connectivity index (χ1n) is 5.56. The van der Waals surface area contributed by atoms with E-state index >= 15 is 0 Å². The van der Waals surface area contributed by atoms with Gasteiger partial charge in [-0.3, -0.25) is 0 Å². The molecule has 0 spiro atoms.